The minimum atomic E-state index is -3.24. The molecule has 28 heavy (non-hydrogen) atoms. The number of aryl methyl sites for hydroxylation is 1. The van der Waals surface area contributed by atoms with E-state index in [1.807, 2.05) is 13.0 Å². The molecule has 1 aliphatic carbocycles. The van der Waals surface area contributed by atoms with Crippen LogP contribution in [0.15, 0.2) is 42.5 Å². The van der Waals surface area contributed by atoms with Crippen LogP contribution in [0, 0.1) is 5.82 Å². The van der Waals surface area contributed by atoms with Crippen molar-refractivity contribution in [3.05, 3.63) is 70.5 Å². The van der Waals surface area contributed by atoms with E-state index in [1.54, 1.807) is 12.1 Å². The third kappa shape index (κ3) is 5.77. The largest absolute Gasteiger partial charge is 0.327 e. The lowest BCUT2D eigenvalue weighted by Gasteiger charge is -2.32. The summed E-state index contributed by atoms with van der Waals surface area (Å²) >= 11 is 0. The van der Waals surface area contributed by atoms with Crippen LogP contribution in [0.2, 0.25) is 0 Å². The molecule has 4 nitrogen and oxygen atoms in total. The summed E-state index contributed by atoms with van der Waals surface area (Å²) in [6.07, 6.45) is 3.19. The van der Waals surface area contributed by atoms with E-state index in [1.165, 1.54) is 23.3 Å². The van der Waals surface area contributed by atoms with Crippen LogP contribution < -0.4 is 10.5 Å². The van der Waals surface area contributed by atoms with Gasteiger partial charge in [-0.25, -0.2) is 17.5 Å². The molecule has 0 aromatic heterocycles. The zero-order chi connectivity index (χ0) is 19.4. The lowest BCUT2D eigenvalue weighted by Crippen LogP contribution is -2.34. The second-order valence-electron chi connectivity index (χ2n) is 7.31. The van der Waals surface area contributed by atoms with Crippen molar-refractivity contribution in [2.45, 2.75) is 51.1 Å². The Morgan fingerprint density at radius 2 is 1.82 bits per heavy atom. The van der Waals surface area contributed by atoms with Gasteiger partial charge in [-0.15, -0.1) is 12.4 Å². The zero-order valence-electron chi connectivity index (χ0n) is 16.0. The molecule has 154 valence electrons. The summed E-state index contributed by atoms with van der Waals surface area (Å²) in [5, 5.41) is 0. The molecular formula is C21H28ClFN2O2S. The molecule has 2 aromatic carbocycles. The molecule has 2 aromatic rings. The molecule has 0 saturated heterocycles. The Morgan fingerprint density at radius 3 is 2.50 bits per heavy atom. The Morgan fingerprint density at radius 1 is 1.14 bits per heavy atom. The maximum atomic E-state index is 13.2. The molecule has 0 bridgehead atoms. The molecule has 3 rings (SSSR count). The van der Waals surface area contributed by atoms with Crippen LogP contribution in [0.3, 0.4) is 0 Å². The van der Waals surface area contributed by atoms with E-state index in [-0.39, 0.29) is 42.5 Å². The van der Waals surface area contributed by atoms with E-state index in [4.69, 9.17) is 5.73 Å². The average Bonchev–Trinajstić information content (AvgIpc) is 2.64. The first kappa shape index (κ1) is 22.8. The second-order valence-corrected chi connectivity index (χ2v) is 9.24. The Kier molecular flexibility index (Phi) is 8.01. The summed E-state index contributed by atoms with van der Waals surface area (Å²) in [5.41, 5.74) is 10.9. The first-order chi connectivity index (χ1) is 12.9. The number of nitrogens with two attached hydrogens (primary N) is 1. The number of fused-ring (bicyclic) bond motifs is 1. The second kappa shape index (κ2) is 9.83. The SMILES string of the molecule is CCCS(=O)(=O)NCc1ccc2c(c1)C(Cc1ccc(F)cc1)C(N)CC2.Cl. The van der Waals surface area contributed by atoms with Crippen molar-refractivity contribution >= 4 is 22.4 Å². The van der Waals surface area contributed by atoms with Crippen LogP contribution in [0.25, 0.3) is 0 Å². The number of nitrogens with one attached hydrogen (secondary N) is 1. The molecular weight excluding hydrogens is 399 g/mol. The van der Waals surface area contributed by atoms with Gasteiger partial charge < -0.3 is 5.73 Å². The standard InChI is InChI=1S/C21H27FN2O2S.ClH/c1-2-11-27(25,26)24-14-16-3-6-17-7-10-21(23)20(19(17)13-16)12-15-4-8-18(22)9-5-15;/h3-6,8-9,13,20-21,24H,2,7,10-12,14,23H2,1H3;1H. The van der Waals surface area contributed by atoms with Gasteiger partial charge in [-0.1, -0.05) is 37.3 Å². The lowest BCUT2D eigenvalue weighted by atomic mass is 9.76. The van der Waals surface area contributed by atoms with Crippen molar-refractivity contribution in [1.82, 2.24) is 4.72 Å². The molecule has 0 amide bonds. The van der Waals surface area contributed by atoms with Gasteiger partial charge in [0.15, 0.2) is 0 Å². The van der Waals surface area contributed by atoms with Gasteiger partial charge in [0.25, 0.3) is 0 Å². The third-order valence-electron chi connectivity index (χ3n) is 5.21. The maximum absolute atomic E-state index is 13.2. The summed E-state index contributed by atoms with van der Waals surface area (Å²) in [7, 11) is -3.24. The van der Waals surface area contributed by atoms with Crippen LogP contribution >= 0.6 is 12.4 Å². The van der Waals surface area contributed by atoms with Gasteiger partial charge in [0.2, 0.25) is 10.0 Å². The molecule has 0 aliphatic heterocycles. The summed E-state index contributed by atoms with van der Waals surface area (Å²) in [5.74, 6) is 0.0378. The molecule has 0 saturated carbocycles. The number of hydrogen-bond acceptors (Lipinski definition) is 3. The normalized spacial score (nSPS) is 19.0. The van der Waals surface area contributed by atoms with E-state index >= 15 is 0 Å². The van der Waals surface area contributed by atoms with Gasteiger partial charge in [0, 0.05) is 18.5 Å². The Hall–Kier alpha value is -1.47. The van der Waals surface area contributed by atoms with Gasteiger partial charge in [-0.3, -0.25) is 0 Å². The molecule has 2 atom stereocenters. The molecule has 0 spiro atoms. The lowest BCUT2D eigenvalue weighted by molar-refractivity contribution is 0.467. The van der Waals surface area contributed by atoms with E-state index in [0.717, 1.165) is 30.4 Å². The molecule has 0 fully saturated rings. The predicted octanol–water partition coefficient (Wildman–Crippen LogP) is 3.68. The summed E-state index contributed by atoms with van der Waals surface area (Å²) < 4.78 is 39.7. The van der Waals surface area contributed by atoms with Crippen LogP contribution in [0.4, 0.5) is 4.39 Å². The maximum Gasteiger partial charge on any atom is 0.211 e. The number of sulfonamides is 1. The fourth-order valence-electron chi connectivity index (χ4n) is 3.75. The van der Waals surface area contributed by atoms with Gasteiger partial charge >= 0.3 is 0 Å². The highest BCUT2D eigenvalue weighted by molar-refractivity contribution is 7.89. The average molecular weight is 427 g/mol. The Labute approximate surface area is 173 Å². The van der Waals surface area contributed by atoms with E-state index in [2.05, 4.69) is 16.9 Å². The van der Waals surface area contributed by atoms with Gasteiger partial charge in [0.05, 0.1) is 5.75 Å². The summed E-state index contributed by atoms with van der Waals surface area (Å²) in [6.45, 7) is 2.13. The molecule has 0 heterocycles. The van der Waals surface area contributed by atoms with E-state index in [9.17, 15) is 12.8 Å². The fraction of sp³-hybridized carbons (Fsp3) is 0.429. The van der Waals surface area contributed by atoms with Crippen molar-refractivity contribution in [3.63, 3.8) is 0 Å². The van der Waals surface area contributed by atoms with Crippen LogP contribution in [0.5, 0.6) is 0 Å². The third-order valence-corrected chi connectivity index (χ3v) is 6.74. The van der Waals surface area contributed by atoms with E-state index in [0.29, 0.717) is 6.42 Å². The molecule has 0 radical (unpaired) electrons. The Bertz CT molecular complexity index is 888. The summed E-state index contributed by atoms with van der Waals surface area (Å²) in [4.78, 5) is 0. The van der Waals surface area contributed by atoms with Crippen LogP contribution in [0.1, 0.15) is 47.9 Å². The number of halogens is 2. The van der Waals surface area contributed by atoms with Crippen molar-refractivity contribution in [2.75, 3.05) is 5.75 Å². The minimum absolute atomic E-state index is 0. The number of hydrogen-bond donors (Lipinski definition) is 2. The highest BCUT2D eigenvalue weighted by Gasteiger charge is 2.27. The van der Waals surface area contributed by atoms with Crippen molar-refractivity contribution in [2.24, 2.45) is 5.73 Å². The molecule has 2 unspecified atom stereocenters. The molecule has 3 N–H and O–H groups in total. The molecule has 1 aliphatic rings. The van der Waals surface area contributed by atoms with Crippen molar-refractivity contribution in [1.29, 1.82) is 0 Å². The topological polar surface area (TPSA) is 72.2 Å². The monoisotopic (exact) mass is 426 g/mol. The summed E-state index contributed by atoms with van der Waals surface area (Å²) in [6, 6.07) is 12.7. The number of benzene rings is 2. The quantitative estimate of drug-likeness (QED) is 0.709. The highest BCUT2D eigenvalue weighted by Crippen LogP contribution is 2.34. The number of rotatable bonds is 7. The first-order valence-electron chi connectivity index (χ1n) is 9.47. The van der Waals surface area contributed by atoms with E-state index < -0.39 is 10.0 Å². The predicted molar refractivity (Wildman–Crippen MR) is 114 cm³/mol. The van der Waals surface area contributed by atoms with Gasteiger partial charge in [0.1, 0.15) is 5.82 Å². The van der Waals surface area contributed by atoms with Gasteiger partial charge in [-0.05, 0) is 60.1 Å². The van der Waals surface area contributed by atoms with Crippen LogP contribution in [-0.4, -0.2) is 20.2 Å². The Balaban J connectivity index is 0.00000280. The zero-order valence-corrected chi connectivity index (χ0v) is 17.7. The fourth-order valence-corrected chi connectivity index (χ4v) is 4.82. The van der Waals surface area contributed by atoms with Crippen molar-refractivity contribution in [3.8, 4) is 0 Å². The molecule has 7 heteroatoms. The van der Waals surface area contributed by atoms with Crippen LogP contribution in [-0.2, 0) is 29.4 Å². The smallest absolute Gasteiger partial charge is 0.211 e. The highest BCUT2D eigenvalue weighted by atomic mass is 35.5. The van der Waals surface area contributed by atoms with Gasteiger partial charge in [-0.2, -0.15) is 0 Å². The minimum Gasteiger partial charge on any atom is -0.327 e. The van der Waals surface area contributed by atoms with Crippen molar-refractivity contribution < 1.29 is 12.8 Å². The first-order valence-corrected chi connectivity index (χ1v) is 11.1.